The number of hydrogen-bond donors (Lipinski definition) is 3. The van der Waals surface area contributed by atoms with Crippen LogP contribution in [-0.4, -0.2) is 47.6 Å². The number of aryl methyl sites for hydroxylation is 1. The summed E-state index contributed by atoms with van der Waals surface area (Å²) in [5.74, 6) is -0.799. The van der Waals surface area contributed by atoms with Crippen LogP contribution < -0.4 is 10.2 Å². The first-order valence-electron chi connectivity index (χ1n) is 9.34. The summed E-state index contributed by atoms with van der Waals surface area (Å²) in [6, 6.07) is 8.87. The average molecular weight is 438 g/mol. The van der Waals surface area contributed by atoms with E-state index in [0.29, 0.717) is 5.75 Å². The summed E-state index contributed by atoms with van der Waals surface area (Å²) >= 11 is 0. The second-order valence-electron chi connectivity index (χ2n) is 7.12. The molecular weight excluding hydrogens is 415 g/mol. The molecule has 30 heavy (non-hydrogen) atoms. The summed E-state index contributed by atoms with van der Waals surface area (Å²) in [5, 5.41) is 18.7. The van der Waals surface area contributed by atoms with Crippen LogP contribution in [0.5, 0.6) is 5.75 Å². The lowest BCUT2D eigenvalue weighted by atomic mass is 10.0. The van der Waals surface area contributed by atoms with Gasteiger partial charge in [-0.2, -0.15) is 4.31 Å². The van der Waals surface area contributed by atoms with Crippen LogP contribution in [0, 0.1) is 12.7 Å². The van der Waals surface area contributed by atoms with Crippen molar-refractivity contribution in [1.29, 1.82) is 0 Å². The summed E-state index contributed by atoms with van der Waals surface area (Å²) < 4.78 is 45.8. The normalized spacial score (nSPS) is 20.0. The van der Waals surface area contributed by atoms with Gasteiger partial charge in [-0.05, 0) is 67.3 Å². The van der Waals surface area contributed by atoms with E-state index in [1.807, 2.05) is 0 Å². The minimum Gasteiger partial charge on any atom is -0.489 e. The minimum absolute atomic E-state index is 0.0417. The van der Waals surface area contributed by atoms with Gasteiger partial charge in [0.15, 0.2) is 0 Å². The van der Waals surface area contributed by atoms with E-state index in [1.54, 1.807) is 13.0 Å². The molecule has 1 amide bonds. The molecule has 0 aliphatic carbocycles. The maximum Gasteiger partial charge on any atom is 0.261 e. The smallest absolute Gasteiger partial charge is 0.261 e. The Morgan fingerprint density at radius 1 is 1.27 bits per heavy atom. The molecule has 0 bridgehead atoms. The SMILES string of the molecule is Cc1cc(F)ccc1COc1ccc(S(=O)(=O)N2CCC(O)CC2C(=O)NO)cc1. The molecule has 2 aromatic rings. The molecule has 0 aromatic heterocycles. The van der Waals surface area contributed by atoms with E-state index in [2.05, 4.69) is 0 Å². The summed E-state index contributed by atoms with van der Waals surface area (Å²) in [6.07, 6.45) is -0.749. The number of halogens is 1. The van der Waals surface area contributed by atoms with Crippen LogP contribution in [0.4, 0.5) is 4.39 Å². The third-order valence-corrected chi connectivity index (χ3v) is 6.99. The van der Waals surface area contributed by atoms with Crippen LogP contribution in [0.25, 0.3) is 0 Å². The number of benzene rings is 2. The van der Waals surface area contributed by atoms with E-state index < -0.39 is 28.1 Å². The van der Waals surface area contributed by atoms with Crippen molar-refractivity contribution in [2.45, 2.75) is 43.4 Å². The van der Waals surface area contributed by atoms with Crippen molar-refractivity contribution in [2.24, 2.45) is 0 Å². The lowest BCUT2D eigenvalue weighted by molar-refractivity contribution is -0.135. The fraction of sp³-hybridized carbons (Fsp3) is 0.350. The molecule has 1 fully saturated rings. The fourth-order valence-electron chi connectivity index (χ4n) is 3.35. The maximum absolute atomic E-state index is 13.2. The minimum atomic E-state index is -4.03. The summed E-state index contributed by atoms with van der Waals surface area (Å²) in [7, 11) is -4.03. The lowest BCUT2D eigenvalue weighted by Crippen LogP contribution is -2.54. The van der Waals surface area contributed by atoms with Crippen molar-refractivity contribution in [1.82, 2.24) is 9.79 Å². The predicted molar refractivity (Wildman–Crippen MR) is 105 cm³/mol. The Bertz CT molecular complexity index is 1010. The molecule has 2 atom stereocenters. The molecule has 1 aliphatic rings. The van der Waals surface area contributed by atoms with Crippen LogP contribution in [0.2, 0.25) is 0 Å². The van der Waals surface area contributed by atoms with Crippen LogP contribution in [0.15, 0.2) is 47.4 Å². The van der Waals surface area contributed by atoms with E-state index in [-0.39, 0.29) is 36.7 Å². The first kappa shape index (κ1) is 22.2. The van der Waals surface area contributed by atoms with Gasteiger partial charge >= 0.3 is 0 Å². The maximum atomic E-state index is 13.2. The topological polar surface area (TPSA) is 116 Å². The van der Waals surface area contributed by atoms with Crippen molar-refractivity contribution in [3.8, 4) is 5.75 Å². The number of nitrogens with zero attached hydrogens (tertiary/aromatic N) is 1. The molecule has 10 heteroatoms. The van der Waals surface area contributed by atoms with Gasteiger partial charge in [-0.1, -0.05) is 6.07 Å². The number of aliphatic hydroxyl groups excluding tert-OH is 1. The summed E-state index contributed by atoms with van der Waals surface area (Å²) in [5.41, 5.74) is 3.01. The first-order valence-corrected chi connectivity index (χ1v) is 10.8. The molecule has 1 saturated heterocycles. The van der Waals surface area contributed by atoms with Gasteiger partial charge in [0.05, 0.1) is 11.0 Å². The number of ether oxygens (including phenoxy) is 1. The zero-order valence-electron chi connectivity index (χ0n) is 16.3. The fourth-order valence-corrected chi connectivity index (χ4v) is 4.96. The highest BCUT2D eigenvalue weighted by Crippen LogP contribution is 2.27. The van der Waals surface area contributed by atoms with E-state index in [0.717, 1.165) is 15.4 Å². The molecule has 8 nitrogen and oxygen atoms in total. The van der Waals surface area contributed by atoms with Crippen molar-refractivity contribution in [3.05, 3.63) is 59.4 Å². The number of hydrogen-bond acceptors (Lipinski definition) is 6. The molecule has 3 N–H and O–H groups in total. The van der Waals surface area contributed by atoms with Crippen LogP contribution in [0.3, 0.4) is 0 Å². The number of amides is 1. The number of carbonyl (C=O) groups is 1. The van der Waals surface area contributed by atoms with Crippen LogP contribution in [-0.2, 0) is 21.4 Å². The lowest BCUT2D eigenvalue weighted by Gasteiger charge is -2.35. The standard InChI is InChI=1S/C20H23FN2O6S/c1-13-10-15(21)3-2-14(13)12-29-17-4-6-18(7-5-17)30(27,28)23-9-8-16(24)11-19(23)20(25)22-26/h2-7,10,16,19,24,26H,8-9,11-12H2,1H3,(H,22,25). The highest BCUT2D eigenvalue weighted by atomic mass is 32.2. The van der Waals surface area contributed by atoms with Crippen LogP contribution >= 0.6 is 0 Å². The van der Waals surface area contributed by atoms with Gasteiger partial charge in [0.2, 0.25) is 10.0 Å². The van der Waals surface area contributed by atoms with Crippen molar-refractivity contribution in [2.75, 3.05) is 6.54 Å². The Labute approximate surface area is 173 Å². The molecule has 3 rings (SSSR count). The summed E-state index contributed by atoms with van der Waals surface area (Å²) in [4.78, 5) is 11.9. The molecule has 2 unspecified atom stereocenters. The predicted octanol–water partition coefficient (Wildman–Crippen LogP) is 1.73. The zero-order valence-corrected chi connectivity index (χ0v) is 17.1. The number of hydroxylamine groups is 1. The monoisotopic (exact) mass is 438 g/mol. The van der Waals surface area contributed by atoms with Crippen molar-refractivity contribution in [3.63, 3.8) is 0 Å². The first-order chi connectivity index (χ1) is 14.2. The third kappa shape index (κ3) is 4.78. The molecule has 1 aliphatic heterocycles. The Balaban J connectivity index is 1.74. The van der Waals surface area contributed by atoms with Crippen LogP contribution in [0.1, 0.15) is 24.0 Å². The van der Waals surface area contributed by atoms with E-state index in [1.165, 1.54) is 41.9 Å². The zero-order chi connectivity index (χ0) is 21.9. The van der Waals surface area contributed by atoms with Gasteiger partial charge in [0.1, 0.15) is 24.2 Å². The molecular formula is C20H23FN2O6S. The van der Waals surface area contributed by atoms with E-state index in [9.17, 15) is 22.7 Å². The second-order valence-corrected chi connectivity index (χ2v) is 9.01. The molecule has 0 radical (unpaired) electrons. The summed E-state index contributed by atoms with van der Waals surface area (Å²) in [6.45, 7) is 1.91. The number of carbonyl (C=O) groups excluding carboxylic acids is 1. The highest BCUT2D eigenvalue weighted by Gasteiger charge is 2.40. The molecule has 1 heterocycles. The Hall–Kier alpha value is -2.53. The highest BCUT2D eigenvalue weighted by molar-refractivity contribution is 7.89. The van der Waals surface area contributed by atoms with Crippen molar-refractivity contribution >= 4 is 15.9 Å². The number of rotatable bonds is 6. The van der Waals surface area contributed by atoms with Crippen molar-refractivity contribution < 1.29 is 32.7 Å². The van der Waals surface area contributed by atoms with Gasteiger partial charge in [-0.25, -0.2) is 18.3 Å². The van der Waals surface area contributed by atoms with Gasteiger partial charge in [-0.3, -0.25) is 10.0 Å². The molecule has 2 aromatic carbocycles. The number of nitrogens with one attached hydrogen (secondary N) is 1. The van der Waals surface area contributed by atoms with Gasteiger partial charge < -0.3 is 9.84 Å². The Kier molecular flexibility index (Phi) is 6.71. The molecule has 0 spiro atoms. The molecule has 162 valence electrons. The second kappa shape index (κ2) is 9.09. The van der Waals surface area contributed by atoms with Gasteiger partial charge in [0.25, 0.3) is 5.91 Å². The Morgan fingerprint density at radius 2 is 1.97 bits per heavy atom. The number of aliphatic hydroxyl groups is 1. The largest absolute Gasteiger partial charge is 0.489 e. The molecule has 0 saturated carbocycles. The quantitative estimate of drug-likeness (QED) is 0.467. The number of sulfonamides is 1. The van der Waals surface area contributed by atoms with Gasteiger partial charge in [0, 0.05) is 6.54 Å². The van der Waals surface area contributed by atoms with Gasteiger partial charge in [-0.15, -0.1) is 0 Å². The Morgan fingerprint density at radius 3 is 2.60 bits per heavy atom. The van der Waals surface area contributed by atoms with E-state index >= 15 is 0 Å². The third-order valence-electron chi connectivity index (χ3n) is 5.07. The average Bonchev–Trinajstić information content (AvgIpc) is 2.72. The number of piperidine rings is 1. The van der Waals surface area contributed by atoms with E-state index in [4.69, 9.17) is 9.94 Å².